The minimum absolute atomic E-state index is 0.0577. The van der Waals surface area contributed by atoms with Crippen molar-refractivity contribution >= 4 is 5.78 Å². The Morgan fingerprint density at radius 3 is 1.48 bits per heavy atom. The summed E-state index contributed by atoms with van der Waals surface area (Å²) in [6, 6.07) is 21.2. The monoisotopic (exact) mass is 280 g/mol. The quantitative estimate of drug-likeness (QED) is 0.901. The number of carbonyl (C=O) groups excluding carboxylic acids is 1. The molecule has 2 aromatic carbocycles. The molecule has 0 unspecified atom stereocenters. The molecular weight excluding hydrogens is 258 g/mol. The van der Waals surface area contributed by atoms with Crippen molar-refractivity contribution in [1.82, 2.24) is 0 Å². The average Bonchev–Trinajstić information content (AvgIpc) is 2.55. The lowest BCUT2D eigenvalue weighted by molar-refractivity contribution is -0.748. The minimum Gasteiger partial charge on any atom is -0.333 e. The number of hydrogen-bond acceptors (Lipinski definition) is 1. The van der Waals surface area contributed by atoms with Crippen LogP contribution in [0.15, 0.2) is 60.7 Å². The van der Waals surface area contributed by atoms with Crippen LogP contribution in [0, 0.1) is 11.8 Å². The second kappa shape index (κ2) is 5.82. The van der Waals surface area contributed by atoms with Crippen molar-refractivity contribution in [3.05, 3.63) is 71.8 Å². The topological polar surface area (TPSA) is 33.7 Å². The Labute approximate surface area is 126 Å². The van der Waals surface area contributed by atoms with Crippen molar-refractivity contribution in [2.24, 2.45) is 11.8 Å². The highest BCUT2D eigenvalue weighted by molar-refractivity contribution is 5.84. The highest BCUT2D eigenvalue weighted by atomic mass is 16.1. The normalized spacial score (nSPS) is 29.3. The van der Waals surface area contributed by atoms with Crippen LogP contribution in [0.2, 0.25) is 0 Å². The molecule has 1 fully saturated rings. The lowest BCUT2D eigenvalue weighted by Gasteiger charge is -2.36. The predicted octanol–water partition coefficient (Wildman–Crippen LogP) is 2.89. The maximum Gasteiger partial charge on any atom is 0.151 e. The van der Waals surface area contributed by atoms with Gasteiger partial charge in [0.15, 0.2) is 5.78 Å². The molecule has 1 aliphatic rings. The number of quaternary nitrogens is 1. The molecule has 3 rings (SSSR count). The van der Waals surface area contributed by atoms with Crippen molar-refractivity contribution in [3.63, 3.8) is 0 Å². The number of rotatable bonds is 2. The van der Waals surface area contributed by atoms with E-state index >= 15 is 0 Å². The van der Waals surface area contributed by atoms with Crippen LogP contribution in [0.5, 0.6) is 0 Å². The molecule has 1 saturated heterocycles. The number of piperidine rings is 1. The Balaban J connectivity index is 1.95. The molecule has 21 heavy (non-hydrogen) atoms. The number of nitrogens with two attached hydrogens (primary N) is 1. The third kappa shape index (κ3) is 2.64. The molecule has 0 radical (unpaired) electrons. The van der Waals surface area contributed by atoms with Crippen molar-refractivity contribution in [1.29, 1.82) is 0 Å². The molecule has 2 aromatic rings. The van der Waals surface area contributed by atoms with Crippen molar-refractivity contribution in [3.8, 4) is 0 Å². The molecule has 2 heteroatoms. The zero-order valence-corrected chi connectivity index (χ0v) is 12.6. The number of Topliss-reactive ketones (excluding diaryl/α,β-unsaturated/α-hetero) is 1. The molecule has 2 N–H and O–H groups in total. The third-order valence-electron chi connectivity index (χ3n) is 4.76. The Bertz CT molecular complexity index is 554. The zero-order chi connectivity index (χ0) is 14.8. The fourth-order valence-corrected chi connectivity index (χ4v) is 3.48. The van der Waals surface area contributed by atoms with Gasteiger partial charge >= 0.3 is 0 Å². The van der Waals surface area contributed by atoms with Gasteiger partial charge in [-0.1, -0.05) is 60.7 Å². The minimum atomic E-state index is 0.0577. The van der Waals surface area contributed by atoms with Gasteiger partial charge in [-0.05, 0) is 13.8 Å². The first-order valence-electron chi connectivity index (χ1n) is 7.67. The third-order valence-corrected chi connectivity index (χ3v) is 4.76. The van der Waals surface area contributed by atoms with Gasteiger partial charge in [0.25, 0.3) is 0 Å². The predicted molar refractivity (Wildman–Crippen MR) is 83.6 cm³/mol. The number of hydrogen-bond donors (Lipinski definition) is 1. The van der Waals surface area contributed by atoms with Crippen LogP contribution < -0.4 is 5.32 Å². The summed E-state index contributed by atoms with van der Waals surface area (Å²) in [4.78, 5) is 12.7. The van der Waals surface area contributed by atoms with Gasteiger partial charge in [0, 0.05) is 11.1 Å². The van der Waals surface area contributed by atoms with Crippen molar-refractivity contribution in [2.75, 3.05) is 0 Å². The van der Waals surface area contributed by atoms with E-state index in [1.54, 1.807) is 0 Å². The molecule has 1 heterocycles. The first kappa shape index (κ1) is 14.0. The van der Waals surface area contributed by atoms with Gasteiger partial charge in [0.2, 0.25) is 0 Å². The first-order valence-corrected chi connectivity index (χ1v) is 7.67. The maximum absolute atomic E-state index is 12.7. The molecule has 0 aromatic heterocycles. The van der Waals surface area contributed by atoms with E-state index in [1.165, 1.54) is 11.1 Å². The molecule has 0 spiro atoms. The van der Waals surface area contributed by atoms with E-state index in [2.05, 4.69) is 67.7 Å². The van der Waals surface area contributed by atoms with E-state index < -0.39 is 0 Å². The standard InChI is InChI=1S/C19H21NO/c1-13-17(15-9-5-3-6-10-15)20-18(14(2)19(13)21)16-11-7-4-8-12-16/h3-14,17-18,20H,1-2H3/p+1/t13-,14+,17-,18-/m0/s1. The Morgan fingerprint density at radius 2 is 1.10 bits per heavy atom. The van der Waals surface area contributed by atoms with Gasteiger partial charge in [0.1, 0.15) is 12.1 Å². The largest absolute Gasteiger partial charge is 0.333 e. The van der Waals surface area contributed by atoms with Crippen LogP contribution in [0.25, 0.3) is 0 Å². The summed E-state index contributed by atoms with van der Waals surface area (Å²) < 4.78 is 0. The smallest absolute Gasteiger partial charge is 0.151 e. The molecule has 2 nitrogen and oxygen atoms in total. The van der Waals surface area contributed by atoms with E-state index in [9.17, 15) is 4.79 Å². The Morgan fingerprint density at radius 1 is 0.714 bits per heavy atom. The SMILES string of the molecule is C[C@@H]1C(=O)[C@H](C)[C@@H](c2ccccc2)[NH2+][C@@H]1c1ccccc1. The summed E-state index contributed by atoms with van der Waals surface area (Å²) >= 11 is 0. The first-order chi connectivity index (χ1) is 10.2. The molecule has 0 saturated carbocycles. The van der Waals surface area contributed by atoms with Gasteiger partial charge in [0.05, 0.1) is 11.8 Å². The van der Waals surface area contributed by atoms with Crippen LogP contribution in [0.4, 0.5) is 0 Å². The van der Waals surface area contributed by atoms with Crippen LogP contribution in [-0.2, 0) is 4.79 Å². The van der Waals surface area contributed by atoms with E-state index in [0.29, 0.717) is 5.78 Å². The molecule has 108 valence electrons. The molecule has 4 atom stereocenters. The zero-order valence-electron chi connectivity index (χ0n) is 12.6. The number of benzene rings is 2. The van der Waals surface area contributed by atoms with Crippen LogP contribution in [0.1, 0.15) is 37.1 Å². The van der Waals surface area contributed by atoms with Crippen LogP contribution in [-0.4, -0.2) is 5.78 Å². The highest BCUT2D eigenvalue weighted by Gasteiger charge is 2.43. The summed E-state index contributed by atoms with van der Waals surface area (Å²) in [5, 5.41) is 2.38. The fourth-order valence-electron chi connectivity index (χ4n) is 3.48. The van der Waals surface area contributed by atoms with Gasteiger partial charge in [-0.3, -0.25) is 4.79 Å². The van der Waals surface area contributed by atoms with Crippen LogP contribution in [0.3, 0.4) is 0 Å². The van der Waals surface area contributed by atoms with Crippen LogP contribution >= 0.6 is 0 Å². The highest BCUT2D eigenvalue weighted by Crippen LogP contribution is 2.32. The van der Waals surface area contributed by atoms with Gasteiger partial charge in [-0.15, -0.1) is 0 Å². The number of carbonyl (C=O) groups is 1. The second-order valence-corrected chi connectivity index (χ2v) is 6.05. The summed E-state index contributed by atoms with van der Waals surface area (Å²) in [6.45, 7) is 4.13. The van der Waals surface area contributed by atoms with E-state index in [0.717, 1.165) is 0 Å². The molecule has 0 amide bonds. The van der Waals surface area contributed by atoms with E-state index in [1.807, 2.05) is 12.1 Å². The maximum atomic E-state index is 12.7. The molecule has 0 bridgehead atoms. The Kier molecular flexibility index (Phi) is 3.89. The van der Waals surface area contributed by atoms with Crippen molar-refractivity contribution < 1.29 is 10.1 Å². The summed E-state index contributed by atoms with van der Waals surface area (Å²) in [5.41, 5.74) is 2.48. The van der Waals surface area contributed by atoms with E-state index in [4.69, 9.17) is 0 Å². The molecule has 1 aliphatic heterocycles. The summed E-state index contributed by atoms with van der Waals surface area (Å²) in [5.74, 6) is 0.491. The molecule has 0 aliphatic carbocycles. The lowest BCUT2D eigenvalue weighted by atomic mass is 9.76. The fraction of sp³-hybridized carbons (Fsp3) is 0.316. The van der Waals surface area contributed by atoms with Gasteiger partial charge in [-0.2, -0.15) is 0 Å². The number of ketones is 1. The average molecular weight is 280 g/mol. The summed E-state index contributed by atoms with van der Waals surface area (Å²) in [7, 11) is 0. The van der Waals surface area contributed by atoms with Gasteiger partial charge < -0.3 is 5.32 Å². The molecular formula is C19H22NO+. The van der Waals surface area contributed by atoms with E-state index in [-0.39, 0.29) is 23.9 Å². The van der Waals surface area contributed by atoms with Crippen molar-refractivity contribution in [2.45, 2.75) is 25.9 Å². The Hall–Kier alpha value is -1.93. The lowest BCUT2D eigenvalue weighted by Crippen LogP contribution is -2.91. The summed E-state index contributed by atoms with van der Waals surface area (Å²) in [6.07, 6.45) is 0. The second-order valence-electron chi connectivity index (χ2n) is 6.05. The van der Waals surface area contributed by atoms with Gasteiger partial charge in [-0.25, -0.2) is 0 Å².